The first-order valence-corrected chi connectivity index (χ1v) is 5.40. The zero-order valence-electron chi connectivity index (χ0n) is 9.43. The van der Waals surface area contributed by atoms with Crippen LogP contribution in [0.15, 0.2) is 48.7 Å². The van der Waals surface area contributed by atoms with Crippen LogP contribution in [0.5, 0.6) is 0 Å². The van der Waals surface area contributed by atoms with Crippen molar-refractivity contribution in [3.63, 3.8) is 0 Å². The van der Waals surface area contributed by atoms with E-state index in [2.05, 4.69) is 20.4 Å². The van der Waals surface area contributed by atoms with Crippen LogP contribution < -0.4 is 5.73 Å². The molecule has 0 aliphatic carbocycles. The number of aromatic nitrogens is 5. The van der Waals surface area contributed by atoms with Gasteiger partial charge in [-0.1, -0.05) is 30.3 Å². The molecule has 2 aromatic heterocycles. The van der Waals surface area contributed by atoms with Gasteiger partial charge in [0.2, 0.25) is 5.82 Å². The average Bonchev–Trinajstić information content (AvgIpc) is 2.89. The molecular weight excluding hydrogens is 228 g/mol. The summed E-state index contributed by atoms with van der Waals surface area (Å²) >= 11 is 0. The average molecular weight is 238 g/mol. The predicted molar refractivity (Wildman–Crippen MR) is 66.8 cm³/mol. The molecule has 18 heavy (non-hydrogen) atoms. The fraction of sp³-hybridized carbons (Fsp3) is 0. The number of benzene rings is 1. The molecule has 88 valence electrons. The van der Waals surface area contributed by atoms with Gasteiger partial charge in [0.15, 0.2) is 0 Å². The lowest BCUT2D eigenvalue weighted by Gasteiger charge is -1.98. The Kier molecular flexibility index (Phi) is 2.45. The van der Waals surface area contributed by atoms with Gasteiger partial charge < -0.3 is 5.73 Å². The maximum absolute atomic E-state index is 5.61. The van der Waals surface area contributed by atoms with E-state index in [0.717, 1.165) is 11.3 Å². The molecule has 3 aromatic rings. The first-order valence-electron chi connectivity index (χ1n) is 5.40. The summed E-state index contributed by atoms with van der Waals surface area (Å²) < 4.78 is 0. The van der Waals surface area contributed by atoms with Crippen LogP contribution in [0.2, 0.25) is 0 Å². The zero-order chi connectivity index (χ0) is 12.4. The van der Waals surface area contributed by atoms with Crippen molar-refractivity contribution in [1.29, 1.82) is 0 Å². The molecule has 0 amide bonds. The van der Waals surface area contributed by atoms with Crippen molar-refractivity contribution in [3.05, 3.63) is 48.7 Å². The van der Waals surface area contributed by atoms with Crippen LogP contribution in [0.4, 0.5) is 5.82 Å². The summed E-state index contributed by atoms with van der Waals surface area (Å²) in [6, 6.07) is 13.1. The minimum absolute atomic E-state index is 0.422. The lowest BCUT2D eigenvalue weighted by Crippen LogP contribution is -2.01. The first kappa shape index (κ1) is 10.4. The van der Waals surface area contributed by atoms with Gasteiger partial charge in [-0.15, -0.1) is 15.0 Å². The molecule has 0 unspecified atom stereocenters. The van der Waals surface area contributed by atoms with Crippen LogP contribution >= 0.6 is 0 Å². The molecule has 0 aliphatic heterocycles. The fourth-order valence-electron chi connectivity index (χ4n) is 1.59. The predicted octanol–water partition coefficient (Wildman–Crippen LogP) is 1.31. The zero-order valence-corrected chi connectivity index (χ0v) is 9.43. The Labute approximate surface area is 103 Å². The van der Waals surface area contributed by atoms with Gasteiger partial charge in [0, 0.05) is 17.8 Å². The van der Waals surface area contributed by atoms with Gasteiger partial charge >= 0.3 is 0 Å². The molecule has 0 saturated carbocycles. The van der Waals surface area contributed by atoms with Crippen LogP contribution in [0, 0.1) is 0 Å². The molecule has 0 fully saturated rings. The minimum Gasteiger partial charge on any atom is -0.384 e. The molecule has 3 rings (SSSR count). The monoisotopic (exact) mass is 238 g/mol. The van der Waals surface area contributed by atoms with Crippen molar-refractivity contribution in [2.24, 2.45) is 0 Å². The standard InChI is InChI=1S/C12H10N6/c13-11-8-10(6-7-14-11)18-16-12(15-17-18)9-4-2-1-3-5-9/h1-8H,(H2,13,14). The van der Waals surface area contributed by atoms with Gasteiger partial charge in [-0.2, -0.15) is 0 Å². The molecule has 0 aliphatic rings. The van der Waals surface area contributed by atoms with Gasteiger partial charge in [-0.05, 0) is 11.3 Å². The normalized spacial score (nSPS) is 10.4. The number of nitrogens with zero attached hydrogens (tertiary/aromatic N) is 5. The summed E-state index contributed by atoms with van der Waals surface area (Å²) in [4.78, 5) is 5.35. The first-order chi connectivity index (χ1) is 8.83. The van der Waals surface area contributed by atoms with Gasteiger partial charge in [0.25, 0.3) is 0 Å². The highest BCUT2D eigenvalue weighted by atomic mass is 15.6. The molecule has 0 saturated heterocycles. The molecule has 2 heterocycles. The largest absolute Gasteiger partial charge is 0.384 e. The van der Waals surface area contributed by atoms with Crippen molar-refractivity contribution in [2.75, 3.05) is 5.73 Å². The summed E-state index contributed by atoms with van der Waals surface area (Å²) in [6.45, 7) is 0. The smallest absolute Gasteiger partial charge is 0.205 e. The second-order valence-electron chi connectivity index (χ2n) is 3.71. The van der Waals surface area contributed by atoms with Crippen LogP contribution in [0.1, 0.15) is 0 Å². The second-order valence-corrected chi connectivity index (χ2v) is 3.71. The number of hydrogen-bond donors (Lipinski definition) is 1. The minimum atomic E-state index is 0.422. The van der Waals surface area contributed by atoms with E-state index >= 15 is 0 Å². The van der Waals surface area contributed by atoms with Crippen molar-refractivity contribution in [3.8, 4) is 17.1 Å². The Morgan fingerprint density at radius 3 is 2.67 bits per heavy atom. The van der Waals surface area contributed by atoms with E-state index in [1.54, 1.807) is 18.3 Å². The lowest BCUT2D eigenvalue weighted by molar-refractivity contribution is 0.719. The summed E-state index contributed by atoms with van der Waals surface area (Å²) in [6.07, 6.45) is 1.61. The highest BCUT2D eigenvalue weighted by Crippen LogP contribution is 2.14. The molecular formula is C12H10N6. The molecule has 1 aromatic carbocycles. The van der Waals surface area contributed by atoms with Gasteiger partial charge in [-0.3, -0.25) is 0 Å². The van der Waals surface area contributed by atoms with E-state index in [-0.39, 0.29) is 0 Å². The Balaban J connectivity index is 2.00. The molecule has 0 spiro atoms. The number of hydrogen-bond acceptors (Lipinski definition) is 5. The van der Waals surface area contributed by atoms with E-state index in [1.165, 1.54) is 4.80 Å². The van der Waals surface area contributed by atoms with Crippen molar-refractivity contribution in [2.45, 2.75) is 0 Å². The second kappa shape index (κ2) is 4.25. The van der Waals surface area contributed by atoms with E-state index in [4.69, 9.17) is 5.73 Å². The van der Waals surface area contributed by atoms with E-state index < -0.39 is 0 Å². The molecule has 6 nitrogen and oxygen atoms in total. The van der Waals surface area contributed by atoms with E-state index in [0.29, 0.717) is 11.6 Å². The summed E-state index contributed by atoms with van der Waals surface area (Å²) in [5, 5.41) is 12.3. The van der Waals surface area contributed by atoms with Crippen molar-refractivity contribution >= 4 is 5.82 Å². The number of pyridine rings is 1. The topological polar surface area (TPSA) is 82.5 Å². The quantitative estimate of drug-likeness (QED) is 0.727. The van der Waals surface area contributed by atoms with Crippen LogP contribution in [0.25, 0.3) is 17.1 Å². The Morgan fingerprint density at radius 2 is 1.89 bits per heavy atom. The van der Waals surface area contributed by atoms with Crippen molar-refractivity contribution in [1.82, 2.24) is 25.2 Å². The fourth-order valence-corrected chi connectivity index (χ4v) is 1.59. The van der Waals surface area contributed by atoms with E-state index in [1.807, 2.05) is 30.3 Å². The number of nitrogen functional groups attached to an aromatic ring is 1. The highest BCUT2D eigenvalue weighted by Gasteiger charge is 2.06. The third kappa shape index (κ3) is 1.91. The number of rotatable bonds is 2. The maximum Gasteiger partial charge on any atom is 0.205 e. The molecule has 2 N–H and O–H groups in total. The molecule has 6 heteroatoms. The lowest BCUT2D eigenvalue weighted by atomic mass is 10.2. The van der Waals surface area contributed by atoms with Crippen molar-refractivity contribution < 1.29 is 0 Å². The third-order valence-electron chi connectivity index (χ3n) is 2.44. The van der Waals surface area contributed by atoms with Crippen LogP contribution in [-0.4, -0.2) is 25.2 Å². The highest BCUT2D eigenvalue weighted by molar-refractivity contribution is 5.53. The summed E-state index contributed by atoms with van der Waals surface area (Å²) in [5.74, 6) is 0.997. The summed E-state index contributed by atoms with van der Waals surface area (Å²) in [5.41, 5.74) is 7.27. The molecule has 0 radical (unpaired) electrons. The number of nitrogens with two attached hydrogens (primary N) is 1. The van der Waals surface area contributed by atoms with Crippen LogP contribution in [-0.2, 0) is 0 Å². The van der Waals surface area contributed by atoms with Crippen LogP contribution in [0.3, 0.4) is 0 Å². The SMILES string of the molecule is Nc1cc(-n2nnc(-c3ccccc3)n2)ccn1. The van der Waals surface area contributed by atoms with Gasteiger partial charge in [0.1, 0.15) is 5.82 Å². The Morgan fingerprint density at radius 1 is 1.06 bits per heavy atom. The number of anilines is 1. The van der Waals surface area contributed by atoms with Gasteiger partial charge in [0.05, 0.1) is 5.69 Å². The number of tetrazole rings is 1. The Bertz CT molecular complexity index is 661. The maximum atomic E-state index is 5.61. The van der Waals surface area contributed by atoms with Gasteiger partial charge in [-0.25, -0.2) is 4.98 Å². The Hall–Kier alpha value is -2.76. The summed E-state index contributed by atoms with van der Waals surface area (Å²) in [7, 11) is 0. The molecule has 0 atom stereocenters. The molecule has 0 bridgehead atoms. The van der Waals surface area contributed by atoms with E-state index in [9.17, 15) is 0 Å². The third-order valence-corrected chi connectivity index (χ3v) is 2.44.